The van der Waals surface area contributed by atoms with Crippen LogP contribution in [0.5, 0.6) is 0 Å². The van der Waals surface area contributed by atoms with Gasteiger partial charge in [0.2, 0.25) is 0 Å². The number of rotatable bonds is 3. The Morgan fingerprint density at radius 1 is 1.55 bits per heavy atom. The monoisotopic (exact) mass is 296 g/mol. The normalized spacial score (nSPS) is 27.6. The van der Waals surface area contributed by atoms with E-state index >= 15 is 0 Å². The highest BCUT2D eigenvalue weighted by Gasteiger charge is 2.39. The van der Waals surface area contributed by atoms with Gasteiger partial charge in [-0.3, -0.25) is 4.68 Å². The van der Waals surface area contributed by atoms with Crippen molar-refractivity contribution in [3.63, 3.8) is 0 Å². The molecule has 0 radical (unpaired) electrons. The van der Waals surface area contributed by atoms with E-state index in [1.807, 2.05) is 31.1 Å². The molecule has 20 heavy (non-hydrogen) atoms. The number of hydrogen-bond acceptors (Lipinski definition) is 4. The molecule has 112 valence electrons. The van der Waals surface area contributed by atoms with E-state index in [2.05, 4.69) is 9.78 Å². The zero-order chi connectivity index (χ0) is 14.0. The number of aliphatic hydroxyl groups excluding tert-OH is 1. The Hall–Kier alpha value is -0.520. The summed E-state index contributed by atoms with van der Waals surface area (Å²) in [6, 6.07) is 0.421. The van der Waals surface area contributed by atoms with E-state index in [1.54, 1.807) is 0 Å². The topological polar surface area (TPSA) is 47.3 Å². The van der Waals surface area contributed by atoms with E-state index in [4.69, 9.17) is 4.74 Å². The maximum atomic E-state index is 9.90. The van der Waals surface area contributed by atoms with Crippen molar-refractivity contribution < 1.29 is 9.84 Å². The first-order chi connectivity index (χ1) is 9.72. The van der Waals surface area contributed by atoms with Crippen molar-refractivity contribution in [1.82, 2.24) is 9.78 Å². The molecule has 2 unspecified atom stereocenters. The van der Waals surface area contributed by atoms with Crippen LogP contribution in [0.25, 0.3) is 0 Å². The molecule has 0 saturated carbocycles. The molecular formula is C15H24N2O2S. The van der Waals surface area contributed by atoms with Gasteiger partial charge < -0.3 is 9.84 Å². The fraction of sp³-hybridized carbons (Fsp3) is 0.800. The Morgan fingerprint density at radius 3 is 3.10 bits per heavy atom. The SMILES string of the molecule is CCC(O)c1cnn(C2CCOC3(CCSCC3)C2)c1. The van der Waals surface area contributed by atoms with Gasteiger partial charge in [0, 0.05) is 18.4 Å². The van der Waals surface area contributed by atoms with Gasteiger partial charge in [0.15, 0.2) is 0 Å². The van der Waals surface area contributed by atoms with E-state index in [9.17, 15) is 5.11 Å². The predicted octanol–water partition coefficient (Wildman–Crippen LogP) is 2.94. The van der Waals surface area contributed by atoms with Crippen molar-refractivity contribution in [2.75, 3.05) is 18.1 Å². The van der Waals surface area contributed by atoms with Crippen molar-refractivity contribution in [2.45, 2.75) is 56.8 Å². The zero-order valence-corrected chi connectivity index (χ0v) is 12.9. The zero-order valence-electron chi connectivity index (χ0n) is 12.1. The summed E-state index contributed by atoms with van der Waals surface area (Å²) in [6.45, 7) is 2.83. The average molecular weight is 296 g/mol. The van der Waals surface area contributed by atoms with Gasteiger partial charge in [0.25, 0.3) is 0 Å². The minimum absolute atomic E-state index is 0.0870. The highest BCUT2D eigenvalue weighted by molar-refractivity contribution is 7.99. The maximum absolute atomic E-state index is 9.90. The Bertz CT molecular complexity index is 437. The van der Waals surface area contributed by atoms with Crippen LogP contribution in [0.1, 0.15) is 56.7 Å². The minimum atomic E-state index is -0.386. The summed E-state index contributed by atoms with van der Waals surface area (Å²) in [6.07, 6.45) is 8.61. The van der Waals surface area contributed by atoms with Crippen LogP contribution in [0.3, 0.4) is 0 Å². The number of hydrogen-bond donors (Lipinski definition) is 1. The molecule has 5 heteroatoms. The number of ether oxygens (including phenoxy) is 1. The van der Waals surface area contributed by atoms with Gasteiger partial charge in [-0.2, -0.15) is 16.9 Å². The Kier molecular flexibility index (Phi) is 4.38. The molecular weight excluding hydrogens is 272 g/mol. The van der Waals surface area contributed by atoms with Crippen molar-refractivity contribution in [1.29, 1.82) is 0 Å². The molecule has 2 saturated heterocycles. The molecule has 1 N–H and O–H groups in total. The van der Waals surface area contributed by atoms with Gasteiger partial charge in [-0.1, -0.05) is 6.92 Å². The lowest BCUT2D eigenvalue weighted by molar-refractivity contribution is -0.100. The van der Waals surface area contributed by atoms with Crippen LogP contribution in [0.4, 0.5) is 0 Å². The molecule has 4 nitrogen and oxygen atoms in total. The number of aromatic nitrogens is 2. The third-order valence-electron chi connectivity index (χ3n) is 4.64. The Morgan fingerprint density at radius 2 is 2.35 bits per heavy atom. The van der Waals surface area contributed by atoms with Crippen LogP contribution in [0.15, 0.2) is 12.4 Å². The summed E-state index contributed by atoms with van der Waals surface area (Å²) in [5.41, 5.74) is 1.02. The van der Waals surface area contributed by atoms with Crippen molar-refractivity contribution in [3.05, 3.63) is 18.0 Å². The van der Waals surface area contributed by atoms with Crippen LogP contribution in [-0.4, -0.2) is 38.6 Å². The summed E-state index contributed by atoms with van der Waals surface area (Å²) in [7, 11) is 0. The van der Waals surface area contributed by atoms with E-state index in [0.717, 1.165) is 31.4 Å². The summed E-state index contributed by atoms with van der Waals surface area (Å²) in [4.78, 5) is 0. The molecule has 0 aromatic carbocycles. The van der Waals surface area contributed by atoms with E-state index in [0.29, 0.717) is 6.04 Å². The van der Waals surface area contributed by atoms with E-state index in [1.165, 1.54) is 24.3 Å². The molecule has 0 amide bonds. The second-order valence-electron chi connectivity index (χ2n) is 5.97. The fourth-order valence-corrected chi connectivity index (χ4v) is 4.52. The second-order valence-corrected chi connectivity index (χ2v) is 7.19. The van der Waals surface area contributed by atoms with Crippen LogP contribution >= 0.6 is 11.8 Å². The lowest BCUT2D eigenvalue weighted by Crippen LogP contribution is -2.43. The molecule has 3 rings (SSSR count). The first-order valence-corrected chi connectivity index (χ1v) is 8.82. The predicted molar refractivity (Wildman–Crippen MR) is 81.0 cm³/mol. The highest BCUT2D eigenvalue weighted by atomic mass is 32.2. The third-order valence-corrected chi connectivity index (χ3v) is 5.62. The van der Waals surface area contributed by atoms with Gasteiger partial charge in [-0.15, -0.1) is 0 Å². The van der Waals surface area contributed by atoms with Crippen LogP contribution < -0.4 is 0 Å². The van der Waals surface area contributed by atoms with E-state index < -0.39 is 0 Å². The van der Waals surface area contributed by atoms with Crippen molar-refractivity contribution in [2.24, 2.45) is 0 Å². The number of aliphatic hydroxyl groups is 1. The van der Waals surface area contributed by atoms with Crippen molar-refractivity contribution in [3.8, 4) is 0 Å². The molecule has 2 atom stereocenters. The smallest absolute Gasteiger partial charge is 0.0817 e. The molecule has 2 fully saturated rings. The largest absolute Gasteiger partial charge is 0.388 e. The van der Waals surface area contributed by atoms with Gasteiger partial charge in [-0.25, -0.2) is 0 Å². The molecule has 2 aliphatic rings. The Balaban J connectivity index is 1.71. The second kappa shape index (κ2) is 6.08. The molecule has 1 aromatic heterocycles. The summed E-state index contributed by atoms with van der Waals surface area (Å²) in [5, 5.41) is 14.4. The van der Waals surface area contributed by atoms with Crippen LogP contribution in [0.2, 0.25) is 0 Å². The molecule has 1 aromatic rings. The maximum Gasteiger partial charge on any atom is 0.0817 e. The summed E-state index contributed by atoms with van der Waals surface area (Å²) < 4.78 is 8.19. The van der Waals surface area contributed by atoms with Crippen molar-refractivity contribution >= 4 is 11.8 Å². The van der Waals surface area contributed by atoms with Crippen LogP contribution in [-0.2, 0) is 4.74 Å². The average Bonchev–Trinajstić information content (AvgIpc) is 2.97. The number of thioether (sulfide) groups is 1. The van der Waals surface area contributed by atoms with Gasteiger partial charge in [-0.05, 0) is 43.6 Å². The fourth-order valence-electron chi connectivity index (χ4n) is 3.28. The van der Waals surface area contributed by atoms with Crippen LogP contribution in [0, 0.1) is 0 Å². The standard InChI is InChI=1S/C15H24N2O2S/c1-2-14(18)12-10-16-17(11-12)13-3-6-19-15(9-13)4-7-20-8-5-15/h10-11,13-14,18H,2-9H2,1H3. The van der Waals surface area contributed by atoms with Gasteiger partial charge in [0.1, 0.15) is 0 Å². The lowest BCUT2D eigenvalue weighted by atomic mass is 9.85. The first kappa shape index (κ1) is 14.4. The number of nitrogens with zero attached hydrogens (tertiary/aromatic N) is 2. The lowest BCUT2D eigenvalue weighted by Gasteiger charge is -2.43. The molecule has 3 heterocycles. The minimum Gasteiger partial charge on any atom is -0.388 e. The quantitative estimate of drug-likeness (QED) is 0.931. The highest BCUT2D eigenvalue weighted by Crippen LogP contribution is 2.41. The first-order valence-electron chi connectivity index (χ1n) is 7.66. The molecule has 0 bridgehead atoms. The molecule has 1 spiro atoms. The summed E-state index contributed by atoms with van der Waals surface area (Å²) in [5.74, 6) is 2.43. The van der Waals surface area contributed by atoms with Gasteiger partial charge in [0.05, 0.1) is 23.9 Å². The van der Waals surface area contributed by atoms with E-state index in [-0.39, 0.29) is 11.7 Å². The molecule has 0 aliphatic carbocycles. The summed E-state index contributed by atoms with van der Waals surface area (Å²) >= 11 is 2.04. The van der Waals surface area contributed by atoms with Gasteiger partial charge >= 0.3 is 0 Å². The molecule has 2 aliphatic heterocycles. The third kappa shape index (κ3) is 2.90. The Labute approximate surface area is 124 Å².